The molecule has 16 heavy (non-hydrogen) atoms. The Balaban J connectivity index is 2.23. The van der Waals surface area contributed by atoms with Crippen LogP contribution in [0.4, 0.5) is 5.69 Å². The van der Waals surface area contributed by atoms with Crippen molar-refractivity contribution in [2.45, 2.75) is 22.6 Å². The van der Waals surface area contributed by atoms with Gasteiger partial charge >= 0.3 is 0 Å². The van der Waals surface area contributed by atoms with Gasteiger partial charge in [-0.05, 0) is 23.7 Å². The second-order valence-corrected chi connectivity index (χ2v) is 5.53. The first-order valence-corrected chi connectivity index (χ1v) is 6.72. The molecule has 0 aliphatic heterocycles. The quantitative estimate of drug-likeness (QED) is 0.869. The molecule has 3 nitrogen and oxygen atoms in total. The standard InChI is InChI=1S/C10H10ClN3S2/c1-2-8-13-10(16-14-8)15-7-5-3-4-6(11)9(7)12/h3-5H,2,12H2,1H3. The molecule has 0 amide bonds. The molecular weight excluding hydrogens is 262 g/mol. The smallest absolute Gasteiger partial charge is 0.174 e. The molecule has 0 unspecified atom stereocenters. The fourth-order valence-corrected chi connectivity index (χ4v) is 3.09. The Morgan fingerprint density at radius 3 is 3.00 bits per heavy atom. The summed E-state index contributed by atoms with van der Waals surface area (Å²) in [7, 11) is 0. The lowest BCUT2D eigenvalue weighted by atomic mass is 10.3. The minimum Gasteiger partial charge on any atom is -0.397 e. The predicted octanol–water partition coefficient (Wildman–Crippen LogP) is 3.49. The predicted molar refractivity (Wildman–Crippen MR) is 69.3 cm³/mol. The third kappa shape index (κ3) is 2.48. The zero-order valence-corrected chi connectivity index (χ0v) is 11.0. The van der Waals surface area contributed by atoms with Crippen LogP contribution in [-0.4, -0.2) is 9.36 Å². The zero-order valence-electron chi connectivity index (χ0n) is 8.61. The second kappa shape index (κ2) is 5.03. The van der Waals surface area contributed by atoms with Crippen molar-refractivity contribution in [3.8, 4) is 0 Å². The van der Waals surface area contributed by atoms with Crippen LogP contribution >= 0.6 is 34.9 Å². The highest BCUT2D eigenvalue weighted by molar-refractivity contribution is 8.01. The number of anilines is 1. The van der Waals surface area contributed by atoms with Crippen molar-refractivity contribution in [3.63, 3.8) is 0 Å². The summed E-state index contributed by atoms with van der Waals surface area (Å²) in [5.41, 5.74) is 6.47. The van der Waals surface area contributed by atoms with Crippen LogP contribution in [0, 0.1) is 0 Å². The molecule has 0 aliphatic rings. The molecule has 2 N–H and O–H groups in total. The number of aryl methyl sites for hydroxylation is 1. The number of benzene rings is 1. The van der Waals surface area contributed by atoms with Crippen molar-refractivity contribution in [2.24, 2.45) is 0 Å². The highest BCUT2D eigenvalue weighted by atomic mass is 35.5. The molecule has 1 aromatic carbocycles. The summed E-state index contributed by atoms with van der Waals surface area (Å²) in [6.45, 7) is 2.03. The number of aromatic nitrogens is 2. The summed E-state index contributed by atoms with van der Waals surface area (Å²) >= 11 is 8.83. The Morgan fingerprint density at radius 1 is 1.50 bits per heavy atom. The van der Waals surface area contributed by atoms with Gasteiger partial charge in [0.25, 0.3) is 0 Å². The molecule has 0 spiro atoms. The summed E-state index contributed by atoms with van der Waals surface area (Å²) < 4.78 is 5.11. The van der Waals surface area contributed by atoms with E-state index >= 15 is 0 Å². The van der Waals surface area contributed by atoms with Gasteiger partial charge in [0.05, 0.1) is 10.7 Å². The highest BCUT2D eigenvalue weighted by Crippen LogP contribution is 2.36. The third-order valence-corrected chi connectivity index (χ3v) is 4.17. The van der Waals surface area contributed by atoms with Gasteiger partial charge in [-0.1, -0.05) is 36.4 Å². The van der Waals surface area contributed by atoms with E-state index in [0.717, 1.165) is 21.5 Å². The molecule has 1 aromatic heterocycles. The Bertz CT molecular complexity index is 499. The normalized spacial score (nSPS) is 10.6. The minimum absolute atomic E-state index is 0.574. The van der Waals surface area contributed by atoms with Gasteiger partial charge in [0.2, 0.25) is 0 Å². The van der Waals surface area contributed by atoms with Crippen LogP contribution in [0.5, 0.6) is 0 Å². The fourth-order valence-electron chi connectivity index (χ4n) is 1.12. The van der Waals surface area contributed by atoms with Gasteiger partial charge in [0.15, 0.2) is 4.34 Å². The first-order valence-electron chi connectivity index (χ1n) is 4.75. The van der Waals surface area contributed by atoms with Crippen molar-refractivity contribution in [1.82, 2.24) is 9.36 Å². The van der Waals surface area contributed by atoms with Crippen molar-refractivity contribution in [1.29, 1.82) is 0 Å². The lowest BCUT2D eigenvalue weighted by Crippen LogP contribution is -1.89. The number of nitrogen functional groups attached to an aromatic ring is 1. The highest BCUT2D eigenvalue weighted by Gasteiger charge is 2.08. The molecule has 84 valence electrons. The lowest BCUT2D eigenvalue weighted by molar-refractivity contribution is 0.971. The lowest BCUT2D eigenvalue weighted by Gasteiger charge is -2.03. The molecule has 0 bridgehead atoms. The van der Waals surface area contributed by atoms with Crippen LogP contribution in [0.3, 0.4) is 0 Å². The number of nitrogens with two attached hydrogens (primary N) is 1. The van der Waals surface area contributed by atoms with Crippen molar-refractivity contribution in [3.05, 3.63) is 29.0 Å². The number of halogens is 1. The van der Waals surface area contributed by atoms with E-state index in [1.807, 2.05) is 19.1 Å². The number of nitrogens with zero attached hydrogens (tertiary/aromatic N) is 2. The van der Waals surface area contributed by atoms with Crippen LogP contribution in [-0.2, 0) is 6.42 Å². The van der Waals surface area contributed by atoms with Crippen molar-refractivity contribution >= 4 is 40.6 Å². The zero-order chi connectivity index (χ0) is 11.5. The van der Waals surface area contributed by atoms with Crippen LogP contribution in [0.25, 0.3) is 0 Å². The molecule has 2 aromatic rings. The Hall–Kier alpha value is -0.780. The van der Waals surface area contributed by atoms with Gasteiger partial charge in [-0.3, -0.25) is 0 Å². The fraction of sp³-hybridized carbons (Fsp3) is 0.200. The minimum atomic E-state index is 0.574. The van der Waals surface area contributed by atoms with Crippen LogP contribution in [0.2, 0.25) is 5.02 Å². The van der Waals surface area contributed by atoms with Gasteiger partial charge in [-0.25, -0.2) is 4.98 Å². The molecule has 0 aliphatic carbocycles. The van der Waals surface area contributed by atoms with E-state index in [4.69, 9.17) is 17.3 Å². The molecule has 0 radical (unpaired) electrons. The molecule has 6 heteroatoms. The molecule has 1 heterocycles. The Morgan fingerprint density at radius 2 is 2.31 bits per heavy atom. The van der Waals surface area contributed by atoms with E-state index < -0.39 is 0 Å². The largest absolute Gasteiger partial charge is 0.397 e. The summed E-state index contributed by atoms with van der Waals surface area (Å²) in [4.78, 5) is 5.29. The summed E-state index contributed by atoms with van der Waals surface area (Å²) in [6, 6.07) is 5.58. The van der Waals surface area contributed by atoms with E-state index in [1.165, 1.54) is 23.3 Å². The topological polar surface area (TPSA) is 51.8 Å². The Kier molecular flexibility index (Phi) is 3.68. The first-order chi connectivity index (χ1) is 7.70. The van der Waals surface area contributed by atoms with Gasteiger partial charge in [0, 0.05) is 11.3 Å². The van der Waals surface area contributed by atoms with E-state index in [9.17, 15) is 0 Å². The third-order valence-electron chi connectivity index (χ3n) is 1.98. The first kappa shape index (κ1) is 11.7. The van der Waals surface area contributed by atoms with Gasteiger partial charge in [-0.2, -0.15) is 4.37 Å². The second-order valence-electron chi connectivity index (χ2n) is 3.08. The molecule has 0 saturated carbocycles. The number of hydrogen-bond donors (Lipinski definition) is 1. The molecule has 0 saturated heterocycles. The maximum Gasteiger partial charge on any atom is 0.174 e. The van der Waals surface area contributed by atoms with Gasteiger partial charge in [-0.15, -0.1) is 0 Å². The summed E-state index contributed by atoms with van der Waals surface area (Å²) in [5, 5.41) is 0.574. The van der Waals surface area contributed by atoms with E-state index in [1.54, 1.807) is 6.07 Å². The molecular formula is C10H10ClN3S2. The van der Waals surface area contributed by atoms with Crippen molar-refractivity contribution < 1.29 is 0 Å². The molecule has 0 atom stereocenters. The average Bonchev–Trinajstić information content (AvgIpc) is 2.73. The number of rotatable bonds is 3. The van der Waals surface area contributed by atoms with E-state index in [2.05, 4.69) is 9.36 Å². The molecule has 0 fully saturated rings. The summed E-state index contributed by atoms with van der Waals surface area (Å²) in [6.07, 6.45) is 0.849. The van der Waals surface area contributed by atoms with E-state index in [0.29, 0.717) is 10.7 Å². The van der Waals surface area contributed by atoms with Crippen LogP contribution in [0.1, 0.15) is 12.7 Å². The SMILES string of the molecule is CCc1nsc(Sc2cccc(Cl)c2N)n1. The monoisotopic (exact) mass is 271 g/mol. The van der Waals surface area contributed by atoms with Crippen LogP contribution < -0.4 is 5.73 Å². The summed E-state index contributed by atoms with van der Waals surface area (Å²) in [5.74, 6) is 0.869. The van der Waals surface area contributed by atoms with Crippen LogP contribution in [0.15, 0.2) is 27.4 Å². The van der Waals surface area contributed by atoms with Gasteiger partial charge in [0.1, 0.15) is 5.82 Å². The van der Waals surface area contributed by atoms with E-state index in [-0.39, 0.29) is 0 Å². The number of hydrogen-bond acceptors (Lipinski definition) is 5. The molecule has 2 rings (SSSR count). The number of para-hydroxylation sites is 1. The maximum absolute atomic E-state index is 5.94. The van der Waals surface area contributed by atoms with Crippen molar-refractivity contribution in [2.75, 3.05) is 5.73 Å². The van der Waals surface area contributed by atoms with Gasteiger partial charge < -0.3 is 5.73 Å². The Labute approximate surface area is 107 Å². The average molecular weight is 272 g/mol. The maximum atomic E-state index is 5.94.